The third-order valence-electron chi connectivity index (χ3n) is 6.82. The van der Waals surface area contributed by atoms with Gasteiger partial charge in [-0.25, -0.2) is 0 Å². The predicted octanol–water partition coefficient (Wildman–Crippen LogP) is 5.05. The van der Waals surface area contributed by atoms with E-state index < -0.39 is 0 Å². The number of benzene rings is 2. The number of piperazine rings is 1. The van der Waals surface area contributed by atoms with Gasteiger partial charge < -0.3 is 19.1 Å². The van der Waals surface area contributed by atoms with Gasteiger partial charge in [0.05, 0.1) is 7.11 Å². The first-order chi connectivity index (χ1) is 17.0. The van der Waals surface area contributed by atoms with E-state index in [9.17, 15) is 9.59 Å². The van der Waals surface area contributed by atoms with E-state index in [-0.39, 0.29) is 17.9 Å². The van der Waals surface area contributed by atoms with Crippen molar-refractivity contribution >= 4 is 33.4 Å². The van der Waals surface area contributed by atoms with E-state index >= 15 is 0 Å². The molecule has 2 aromatic heterocycles. The molecule has 2 aromatic carbocycles. The molecule has 0 bridgehead atoms. The van der Waals surface area contributed by atoms with E-state index in [1.807, 2.05) is 34.9 Å². The van der Waals surface area contributed by atoms with Crippen molar-refractivity contribution in [3.05, 3.63) is 88.4 Å². The molecule has 1 aliphatic rings. The van der Waals surface area contributed by atoms with Gasteiger partial charge in [-0.15, -0.1) is 11.3 Å². The number of rotatable bonds is 5. The Hall–Kier alpha value is -3.58. The molecule has 0 spiro atoms. The molecule has 5 rings (SSSR count). The quantitative estimate of drug-likeness (QED) is 0.396. The van der Waals surface area contributed by atoms with Crippen molar-refractivity contribution in [2.45, 2.75) is 26.4 Å². The lowest BCUT2D eigenvalue weighted by Gasteiger charge is -2.40. The zero-order valence-electron chi connectivity index (χ0n) is 20.2. The van der Waals surface area contributed by atoms with E-state index in [0.29, 0.717) is 37.4 Å². The predicted molar refractivity (Wildman–Crippen MR) is 139 cm³/mol. The van der Waals surface area contributed by atoms with Crippen LogP contribution < -0.4 is 4.74 Å². The largest absolute Gasteiger partial charge is 0.497 e. The summed E-state index contributed by atoms with van der Waals surface area (Å²) in [6.07, 6.45) is 0. The molecule has 35 heavy (non-hydrogen) atoms. The second-order valence-electron chi connectivity index (χ2n) is 9.05. The van der Waals surface area contributed by atoms with Gasteiger partial charge in [0.15, 0.2) is 0 Å². The molecule has 3 heterocycles. The summed E-state index contributed by atoms with van der Waals surface area (Å²) in [5.74, 6) is 0.722. The highest BCUT2D eigenvalue weighted by Crippen LogP contribution is 2.28. The number of ether oxygens (including phenoxy) is 1. The van der Waals surface area contributed by atoms with Crippen LogP contribution >= 0.6 is 11.3 Å². The number of fused-ring (bicyclic) bond motifs is 1. The summed E-state index contributed by atoms with van der Waals surface area (Å²) in [5.41, 5.74) is 3.75. The van der Waals surface area contributed by atoms with Crippen LogP contribution in [0.2, 0.25) is 0 Å². The summed E-state index contributed by atoms with van der Waals surface area (Å²) in [5, 5.41) is 3.16. The SMILES string of the molecule is COc1ccc(C(=O)N2CCN(C(=O)c3cc4ccsc4n3Cc3ccccc3C)CC2C)cc1. The first-order valence-electron chi connectivity index (χ1n) is 11.8. The third kappa shape index (κ3) is 4.44. The van der Waals surface area contributed by atoms with Gasteiger partial charge in [-0.05, 0) is 66.8 Å². The second-order valence-corrected chi connectivity index (χ2v) is 9.95. The number of thiophene rings is 1. The Morgan fingerprint density at radius 2 is 1.80 bits per heavy atom. The van der Waals surface area contributed by atoms with Crippen LogP contribution in [0, 0.1) is 6.92 Å². The summed E-state index contributed by atoms with van der Waals surface area (Å²) >= 11 is 1.66. The minimum absolute atomic E-state index is 0.0179. The molecular weight excluding hydrogens is 458 g/mol. The number of carbonyl (C=O) groups is 2. The van der Waals surface area contributed by atoms with Crippen LogP contribution in [0.25, 0.3) is 10.2 Å². The Kier molecular flexibility index (Phi) is 6.34. The lowest BCUT2D eigenvalue weighted by atomic mass is 10.1. The van der Waals surface area contributed by atoms with Crippen LogP contribution in [-0.2, 0) is 6.54 Å². The fourth-order valence-electron chi connectivity index (χ4n) is 4.77. The molecular formula is C28H29N3O3S. The van der Waals surface area contributed by atoms with Gasteiger partial charge in [-0.3, -0.25) is 9.59 Å². The first-order valence-corrected chi connectivity index (χ1v) is 12.7. The molecule has 0 N–H and O–H groups in total. The van der Waals surface area contributed by atoms with Gasteiger partial charge in [0.2, 0.25) is 0 Å². The molecule has 1 fully saturated rings. The highest BCUT2D eigenvalue weighted by molar-refractivity contribution is 7.16. The topological polar surface area (TPSA) is 54.8 Å². The highest BCUT2D eigenvalue weighted by atomic mass is 32.1. The Bertz CT molecular complexity index is 1370. The average Bonchev–Trinajstić information content (AvgIpc) is 3.47. The molecule has 2 amide bonds. The number of aromatic nitrogens is 1. The number of hydrogen-bond acceptors (Lipinski definition) is 4. The molecule has 180 valence electrons. The lowest BCUT2D eigenvalue weighted by molar-refractivity contribution is 0.0409. The van der Waals surface area contributed by atoms with Gasteiger partial charge in [0, 0.05) is 43.2 Å². The van der Waals surface area contributed by atoms with Crippen molar-refractivity contribution in [2.75, 3.05) is 26.7 Å². The van der Waals surface area contributed by atoms with Crippen molar-refractivity contribution in [3.63, 3.8) is 0 Å². The number of amides is 2. The molecule has 1 aliphatic heterocycles. The summed E-state index contributed by atoms with van der Waals surface area (Å²) < 4.78 is 7.34. The molecule has 0 saturated carbocycles. The minimum atomic E-state index is -0.0804. The molecule has 1 unspecified atom stereocenters. The number of hydrogen-bond donors (Lipinski definition) is 0. The number of nitrogens with zero attached hydrogens (tertiary/aromatic N) is 3. The fourth-order valence-corrected chi connectivity index (χ4v) is 5.67. The van der Waals surface area contributed by atoms with Gasteiger partial charge >= 0.3 is 0 Å². The smallest absolute Gasteiger partial charge is 0.270 e. The Labute approximate surface area is 209 Å². The third-order valence-corrected chi connectivity index (χ3v) is 7.78. The van der Waals surface area contributed by atoms with E-state index in [0.717, 1.165) is 16.0 Å². The summed E-state index contributed by atoms with van der Waals surface area (Å²) in [6, 6.07) is 19.5. The fraction of sp³-hybridized carbons (Fsp3) is 0.286. The number of methoxy groups -OCH3 is 1. The van der Waals surface area contributed by atoms with Gasteiger partial charge in [0.1, 0.15) is 16.3 Å². The molecule has 0 radical (unpaired) electrons. The molecule has 1 atom stereocenters. The zero-order chi connectivity index (χ0) is 24.5. The molecule has 6 nitrogen and oxygen atoms in total. The standard InChI is InChI=1S/C28H29N3O3S/c1-19-6-4-5-7-23(19)18-31-25(16-22-12-15-35-28(22)31)27(33)29-13-14-30(20(2)17-29)26(32)21-8-10-24(34-3)11-9-21/h4-12,15-16,20H,13-14,17-18H2,1-3H3. The maximum atomic E-state index is 13.7. The molecule has 1 saturated heterocycles. The maximum Gasteiger partial charge on any atom is 0.270 e. The van der Waals surface area contributed by atoms with E-state index in [1.165, 1.54) is 11.1 Å². The highest BCUT2D eigenvalue weighted by Gasteiger charge is 2.32. The molecule has 4 aromatic rings. The summed E-state index contributed by atoms with van der Waals surface area (Å²) in [7, 11) is 1.61. The van der Waals surface area contributed by atoms with Crippen LogP contribution in [0.3, 0.4) is 0 Å². The average molecular weight is 488 g/mol. The van der Waals surface area contributed by atoms with Crippen LogP contribution in [0.1, 0.15) is 38.9 Å². The summed E-state index contributed by atoms with van der Waals surface area (Å²) in [4.78, 5) is 31.7. The van der Waals surface area contributed by atoms with Gasteiger partial charge in [-0.2, -0.15) is 0 Å². The monoisotopic (exact) mass is 487 g/mol. The van der Waals surface area contributed by atoms with Crippen molar-refractivity contribution in [2.24, 2.45) is 0 Å². The Morgan fingerprint density at radius 3 is 2.51 bits per heavy atom. The van der Waals surface area contributed by atoms with Crippen LogP contribution in [0.5, 0.6) is 5.75 Å². The number of aryl methyl sites for hydroxylation is 1. The minimum Gasteiger partial charge on any atom is -0.497 e. The van der Waals surface area contributed by atoms with Crippen LogP contribution in [0.4, 0.5) is 0 Å². The first kappa shape index (κ1) is 23.2. The van der Waals surface area contributed by atoms with Crippen molar-refractivity contribution in [1.29, 1.82) is 0 Å². The molecule has 0 aliphatic carbocycles. The Morgan fingerprint density at radius 1 is 1.03 bits per heavy atom. The zero-order valence-corrected chi connectivity index (χ0v) is 21.0. The van der Waals surface area contributed by atoms with Crippen molar-refractivity contribution in [3.8, 4) is 5.75 Å². The van der Waals surface area contributed by atoms with Crippen molar-refractivity contribution < 1.29 is 14.3 Å². The Balaban J connectivity index is 1.35. The van der Waals surface area contributed by atoms with E-state index in [2.05, 4.69) is 35.1 Å². The second kappa shape index (κ2) is 9.58. The van der Waals surface area contributed by atoms with Crippen LogP contribution in [0.15, 0.2) is 66.0 Å². The number of carbonyl (C=O) groups excluding carboxylic acids is 2. The van der Waals surface area contributed by atoms with E-state index in [1.54, 1.807) is 42.7 Å². The van der Waals surface area contributed by atoms with E-state index in [4.69, 9.17) is 4.74 Å². The van der Waals surface area contributed by atoms with Crippen LogP contribution in [-0.4, -0.2) is 59.0 Å². The van der Waals surface area contributed by atoms with Gasteiger partial charge in [0.25, 0.3) is 11.8 Å². The normalized spacial score (nSPS) is 16.0. The lowest BCUT2D eigenvalue weighted by Crippen LogP contribution is -2.55. The van der Waals surface area contributed by atoms with Gasteiger partial charge in [-0.1, -0.05) is 24.3 Å². The molecule has 7 heteroatoms. The summed E-state index contributed by atoms with van der Waals surface area (Å²) in [6.45, 7) is 6.28. The van der Waals surface area contributed by atoms with Crippen molar-refractivity contribution in [1.82, 2.24) is 14.4 Å². The maximum absolute atomic E-state index is 13.7.